The van der Waals surface area contributed by atoms with E-state index in [1.54, 1.807) is 24.3 Å². The number of phenolic OH excluding ortho intramolecular Hbond substituents is 1. The molecule has 116 valence electrons. The number of aromatic hydroxyl groups is 1. The molecule has 0 spiro atoms. The van der Waals surface area contributed by atoms with E-state index in [2.05, 4.69) is 15.5 Å². The fourth-order valence-electron chi connectivity index (χ4n) is 2.48. The van der Waals surface area contributed by atoms with Gasteiger partial charge < -0.3 is 10.1 Å². The number of para-hydroxylation sites is 1. The number of amides is 1. The second kappa shape index (κ2) is 5.96. The summed E-state index contributed by atoms with van der Waals surface area (Å²) in [5.74, 6) is -0.203. The van der Waals surface area contributed by atoms with E-state index in [9.17, 15) is 9.90 Å². The van der Waals surface area contributed by atoms with Crippen molar-refractivity contribution < 1.29 is 9.90 Å². The lowest BCUT2D eigenvalue weighted by Crippen LogP contribution is -2.18. The summed E-state index contributed by atoms with van der Waals surface area (Å²) in [6.07, 6.45) is 1.41. The summed E-state index contributed by atoms with van der Waals surface area (Å²) < 4.78 is 0. The lowest BCUT2D eigenvalue weighted by molar-refractivity contribution is 0.0950. The normalized spacial score (nSPS) is 11.2. The molecule has 5 heteroatoms. The molecule has 5 nitrogen and oxygen atoms in total. The monoisotopic (exact) mass is 307 g/mol. The molecular weight excluding hydrogens is 290 g/mol. The van der Waals surface area contributed by atoms with Crippen LogP contribution in [0.25, 0.3) is 10.9 Å². The fraction of sp³-hybridized carbons (Fsp3) is 0.111. The zero-order valence-electron chi connectivity index (χ0n) is 12.9. The zero-order chi connectivity index (χ0) is 16.4. The van der Waals surface area contributed by atoms with Crippen molar-refractivity contribution in [1.82, 2.24) is 10.4 Å². The molecule has 0 unspecified atom stereocenters. The number of nitrogens with zero attached hydrogens (tertiary/aromatic N) is 1. The first-order chi connectivity index (χ1) is 11.1. The molecule has 23 heavy (non-hydrogen) atoms. The van der Waals surface area contributed by atoms with Crippen LogP contribution in [0.4, 0.5) is 0 Å². The standard InChI is InChI=1S/C18H17N3O2/c1-11-7-8-15-14(9-11)12(2)17(20-15)18(23)21-19-10-13-5-3-4-6-16(13)22/h3-10,20,22H,1-2H3,(H,21,23)/b19-10-. The van der Waals surface area contributed by atoms with Crippen molar-refractivity contribution in [1.29, 1.82) is 0 Å². The predicted molar refractivity (Wildman–Crippen MR) is 90.9 cm³/mol. The number of phenols is 1. The minimum absolute atomic E-state index is 0.114. The van der Waals surface area contributed by atoms with Crippen molar-refractivity contribution in [3.63, 3.8) is 0 Å². The number of carbonyl (C=O) groups is 1. The molecule has 3 aromatic rings. The lowest BCUT2D eigenvalue weighted by Gasteiger charge is -2.00. The zero-order valence-corrected chi connectivity index (χ0v) is 12.9. The van der Waals surface area contributed by atoms with Gasteiger partial charge in [-0.25, -0.2) is 5.43 Å². The van der Waals surface area contributed by atoms with Crippen LogP contribution in [0.1, 0.15) is 27.2 Å². The van der Waals surface area contributed by atoms with Crippen LogP contribution in [-0.4, -0.2) is 22.2 Å². The highest BCUT2D eigenvalue weighted by molar-refractivity contribution is 6.01. The third-order valence-electron chi connectivity index (χ3n) is 3.75. The van der Waals surface area contributed by atoms with E-state index < -0.39 is 0 Å². The number of hydrazone groups is 1. The third kappa shape index (κ3) is 2.94. The second-order valence-corrected chi connectivity index (χ2v) is 5.43. The van der Waals surface area contributed by atoms with Crippen LogP contribution < -0.4 is 5.43 Å². The molecule has 1 aromatic heterocycles. The first kappa shape index (κ1) is 14.8. The Morgan fingerprint density at radius 1 is 1.22 bits per heavy atom. The van der Waals surface area contributed by atoms with Crippen molar-refractivity contribution >= 4 is 23.0 Å². The summed E-state index contributed by atoms with van der Waals surface area (Å²) in [5, 5.41) is 14.6. The number of hydrogen-bond donors (Lipinski definition) is 3. The number of hydrogen-bond acceptors (Lipinski definition) is 3. The summed E-state index contributed by atoms with van der Waals surface area (Å²) in [5.41, 5.74) is 6.45. The number of H-pyrrole nitrogens is 1. The smallest absolute Gasteiger partial charge is 0.288 e. The number of nitrogens with one attached hydrogen (secondary N) is 2. The molecule has 0 saturated carbocycles. The Labute approximate surface area is 133 Å². The van der Waals surface area contributed by atoms with Gasteiger partial charge in [0.2, 0.25) is 0 Å². The largest absolute Gasteiger partial charge is 0.507 e. The number of aromatic nitrogens is 1. The van der Waals surface area contributed by atoms with Gasteiger partial charge >= 0.3 is 0 Å². The minimum atomic E-state index is -0.317. The Kier molecular flexibility index (Phi) is 3.85. The molecular formula is C18H17N3O2. The van der Waals surface area contributed by atoms with Gasteiger partial charge in [-0.15, -0.1) is 0 Å². The van der Waals surface area contributed by atoms with Crippen molar-refractivity contribution in [3.8, 4) is 5.75 Å². The average molecular weight is 307 g/mol. The van der Waals surface area contributed by atoms with Crippen LogP contribution in [-0.2, 0) is 0 Å². The van der Waals surface area contributed by atoms with Crippen molar-refractivity contribution in [2.75, 3.05) is 0 Å². The minimum Gasteiger partial charge on any atom is -0.507 e. The molecule has 3 N–H and O–H groups in total. The van der Waals surface area contributed by atoms with Gasteiger partial charge in [0.05, 0.1) is 6.21 Å². The van der Waals surface area contributed by atoms with E-state index in [1.165, 1.54) is 6.21 Å². The number of benzene rings is 2. The van der Waals surface area contributed by atoms with Crippen LogP contribution in [0, 0.1) is 13.8 Å². The Bertz CT molecular complexity index is 910. The lowest BCUT2D eigenvalue weighted by atomic mass is 10.1. The first-order valence-corrected chi connectivity index (χ1v) is 7.26. The van der Waals surface area contributed by atoms with Gasteiger partial charge in [0, 0.05) is 16.5 Å². The first-order valence-electron chi connectivity index (χ1n) is 7.26. The van der Waals surface area contributed by atoms with Crippen LogP contribution in [0.2, 0.25) is 0 Å². The van der Waals surface area contributed by atoms with E-state index in [0.29, 0.717) is 11.3 Å². The summed E-state index contributed by atoms with van der Waals surface area (Å²) in [4.78, 5) is 15.4. The maximum absolute atomic E-state index is 12.3. The average Bonchev–Trinajstić information content (AvgIpc) is 2.86. The Morgan fingerprint density at radius 3 is 2.78 bits per heavy atom. The van der Waals surface area contributed by atoms with E-state index in [1.807, 2.05) is 32.0 Å². The molecule has 0 radical (unpaired) electrons. The third-order valence-corrected chi connectivity index (χ3v) is 3.75. The molecule has 0 saturated heterocycles. The quantitative estimate of drug-likeness (QED) is 0.513. The number of rotatable bonds is 3. The van der Waals surface area contributed by atoms with Crippen LogP contribution in [0.15, 0.2) is 47.6 Å². The highest BCUT2D eigenvalue weighted by atomic mass is 16.3. The van der Waals surface area contributed by atoms with E-state index in [4.69, 9.17) is 0 Å². The van der Waals surface area contributed by atoms with Gasteiger partial charge in [0.15, 0.2) is 0 Å². The highest BCUT2D eigenvalue weighted by Gasteiger charge is 2.14. The molecule has 1 amide bonds. The fourth-order valence-corrected chi connectivity index (χ4v) is 2.48. The number of aromatic amines is 1. The van der Waals surface area contributed by atoms with Gasteiger partial charge in [-0.3, -0.25) is 4.79 Å². The number of fused-ring (bicyclic) bond motifs is 1. The molecule has 0 atom stereocenters. The maximum atomic E-state index is 12.3. The summed E-state index contributed by atoms with van der Waals surface area (Å²) >= 11 is 0. The molecule has 3 rings (SSSR count). The van der Waals surface area contributed by atoms with E-state index in [0.717, 1.165) is 22.0 Å². The van der Waals surface area contributed by atoms with E-state index in [-0.39, 0.29) is 11.7 Å². The molecule has 1 heterocycles. The predicted octanol–water partition coefficient (Wildman–Crippen LogP) is 3.25. The molecule has 0 fully saturated rings. The Balaban J connectivity index is 1.81. The van der Waals surface area contributed by atoms with Gasteiger partial charge in [0.25, 0.3) is 5.91 Å². The van der Waals surface area contributed by atoms with Crippen LogP contribution >= 0.6 is 0 Å². The molecule has 0 aliphatic heterocycles. The van der Waals surface area contributed by atoms with Gasteiger partial charge in [-0.1, -0.05) is 23.8 Å². The summed E-state index contributed by atoms with van der Waals surface area (Å²) in [6.45, 7) is 3.92. The van der Waals surface area contributed by atoms with Crippen molar-refractivity contribution in [3.05, 3.63) is 64.8 Å². The van der Waals surface area contributed by atoms with Crippen LogP contribution in [0.5, 0.6) is 5.75 Å². The van der Waals surface area contributed by atoms with E-state index >= 15 is 0 Å². The maximum Gasteiger partial charge on any atom is 0.288 e. The van der Waals surface area contributed by atoms with Gasteiger partial charge in [0.1, 0.15) is 11.4 Å². The van der Waals surface area contributed by atoms with Crippen LogP contribution in [0.3, 0.4) is 0 Å². The highest BCUT2D eigenvalue weighted by Crippen LogP contribution is 2.22. The topological polar surface area (TPSA) is 77.5 Å². The number of aryl methyl sites for hydroxylation is 2. The Hall–Kier alpha value is -3.08. The van der Waals surface area contributed by atoms with Crippen molar-refractivity contribution in [2.24, 2.45) is 5.10 Å². The molecule has 0 aliphatic rings. The molecule has 0 bridgehead atoms. The van der Waals surface area contributed by atoms with Crippen molar-refractivity contribution in [2.45, 2.75) is 13.8 Å². The summed E-state index contributed by atoms with van der Waals surface area (Å²) in [6, 6.07) is 12.8. The number of carbonyl (C=O) groups excluding carboxylic acids is 1. The van der Waals surface area contributed by atoms with Gasteiger partial charge in [-0.2, -0.15) is 5.10 Å². The second-order valence-electron chi connectivity index (χ2n) is 5.43. The Morgan fingerprint density at radius 2 is 2.00 bits per heavy atom. The SMILES string of the molecule is Cc1ccc2[nH]c(C(=O)N/N=C\c3ccccc3O)c(C)c2c1. The molecule has 2 aromatic carbocycles. The van der Waals surface area contributed by atoms with Gasteiger partial charge in [-0.05, 0) is 43.7 Å². The summed E-state index contributed by atoms with van der Waals surface area (Å²) in [7, 11) is 0. The molecule has 0 aliphatic carbocycles.